The van der Waals surface area contributed by atoms with E-state index in [0.717, 1.165) is 28.3 Å². The number of alkyl halides is 3. The molecule has 1 fully saturated rings. The highest BCUT2D eigenvalue weighted by atomic mass is 35.5. The third-order valence-electron chi connectivity index (χ3n) is 8.29. The highest BCUT2D eigenvalue weighted by Gasteiger charge is 2.33. The number of carbonyl (C=O) groups is 3. The van der Waals surface area contributed by atoms with Gasteiger partial charge in [-0.2, -0.15) is 22.7 Å². The number of anilines is 2. The van der Waals surface area contributed by atoms with E-state index < -0.39 is 40.9 Å². The minimum Gasteiger partial charge on any atom is -0.444 e. The normalized spacial score (nSPS) is 16.1. The highest BCUT2D eigenvalue weighted by Crippen LogP contribution is 2.34. The molecule has 0 spiro atoms. The van der Waals surface area contributed by atoms with Crippen molar-refractivity contribution in [2.75, 3.05) is 49.6 Å². The number of fused-ring (bicyclic) bond motifs is 1. The quantitative estimate of drug-likeness (QED) is 0.348. The van der Waals surface area contributed by atoms with Crippen molar-refractivity contribution in [3.05, 3.63) is 56.7 Å². The first kappa shape index (κ1) is 37.6. The number of hydrogen-bond donors (Lipinski definition) is 2. The van der Waals surface area contributed by atoms with Gasteiger partial charge in [0.15, 0.2) is 5.82 Å². The fourth-order valence-corrected chi connectivity index (χ4v) is 6.12. The molecular formula is C33H40ClF3N8O6. The van der Waals surface area contributed by atoms with Crippen LogP contribution >= 0.6 is 11.6 Å². The van der Waals surface area contributed by atoms with Crippen LogP contribution in [0.2, 0.25) is 5.02 Å². The molecule has 2 aliphatic heterocycles. The van der Waals surface area contributed by atoms with Crippen LogP contribution in [0.15, 0.2) is 29.1 Å². The van der Waals surface area contributed by atoms with Crippen molar-refractivity contribution in [1.82, 2.24) is 29.4 Å². The van der Waals surface area contributed by atoms with E-state index in [1.807, 2.05) is 17.9 Å². The molecule has 3 aromatic rings. The van der Waals surface area contributed by atoms with Crippen molar-refractivity contribution >= 4 is 52.2 Å². The Bertz CT molecular complexity index is 1910. The van der Waals surface area contributed by atoms with Crippen molar-refractivity contribution in [3.63, 3.8) is 0 Å². The molecule has 1 unspecified atom stereocenters. The van der Waals surface area contributed by atoms with Crippen LogP contribution in [0.3, 0.4) is 0 Å². The van der Waals surface area contributed by atoms with Crippen molar-refractivity contribution in [1.29, 1.82) is 0 Å². The largest absolute Gasteiger partial charge is 0.444 e. The average molecular weight is 737 g/mol. The minimum atomic E-state index is -4.61. The first-order valence-electron chi connectivity index (χ1n) is 16.5. The molecule has 0 bridgehead atoms. The standard InChI is InChI=1S/C33H40ClF3N8O6/c1-6-24-26(42-11-13-43(14-12-42)28(47)19(2)38-31(49)51-32(3,4)5)29(48)45-30(40-27(41-45)20-9-15-50-16-10-20)44(24)18-25(46)39-23-8-7-21(17-22(23)34)33(35,36)37/h7-9,17,19H,6,10-16,18H2,1-5H3,(H,38,49)(H,39,46). The molecule has 2 aromatic heterocycles. The van der Waals surface area contributed by atoms with Gasteiger partial charge >= 0.3 is 12.3 Å². The molecular weight excluding hydrogens is 697 g/mol. The topological polar surface area (TPSA) is 152 Å². The summed E-state index contributed by atoms with van der Waals surface area (Å²) in [6, 6.07) is 1.78. The number of nitrogens with zero attached hydrogens (tertiary/aromatic N) is 6. The Morgan fingerprint density at radius 1 is 1.12 bits per heavy atom. The Morgan fingerprint density at radius 2 is 1.82 bits per heavy atom. The summed E-state index contributed by atoms with van der Waals surface area (Å²) >= 11 is 6.11. The van der Waals surface area contributed by atoms with Crippen LogP contribution in [0.4, 0.5) is 29.3 Å². The molecule has 0 aliphatic carbocycles. The van der Waals surface area contributed by atoms with Gasteiger partial charge in [-0.3, -0.25) is 14.4 Å². The van der Waals surface area contributed by atoms with Gasteiger partial charge in [-0.25, -0.2) is 4.79 Å². The third kappa shape index (κ3) is 8.64. The Hall–Kier alpha value is -4.64. The number of halogens is 4. The van der Waals surface area contributed by atoms with Crippen LogP contribution in [0.1, 0.15) is 58.1 Å². The maximum atomic E-state index is 14.2. The fourth-order valence-electron chi connectivity index (χ4n) is 5.89. The molecule has 0 radical (unpaired) electrons. The van der Waals surface area contributed by atoms with Gasteiger partial charge in [0.1, 0.15) is 23.9 Å². The SMILES string of the molecule is CCc1c(N2CCN(C(=O)C(C)NC(=O)OC(C)(C)C)CC2)c(=O)n2nc(C3=CCOCC3)nc2n1CC(=O)Nc1ccc(C(F)(F)F)cc1Cl. The van der Waals surface area contributed by atoms with Crippen molar-refractivity contribution in [2.24, 2.45) is 0 Å². The van der Waals surface area contributed by atoms with Gasteiger partial charge in [0, 0.05) is 26.2 Å². The minimum absolute atomic E-state index is 0.0179. The zero-order valence-electron chi connectivity index (χ0n) is 28.9. The van der Waals surface area contributed by atoms with E-state index in [0.29, 0.717) is 37.6 Å². The van der Waals surface area contributed by atoms with Crippen molar-refractivity contribution < 1.29 is 37.0 Å². The number of aromatic nitrogens is 4. The number of carbonyl (C=O) groups excluding carboxylic acids is 3. The number of piperazine rings is 1. The number of alkyl carbamates (subject to hydrolysis) is 1. The van der Waals surface area contributed by atoms with Crippen LogP contribution in [-0.2, 0) is 38.2 Å². The molecule has 2 aliphatic rings. The molecule has 4 heterocycles. The second-order valence-corrected chi connectivity index (χ2v) is 13.6. The molecule has 51 heavy (non-hydrogen) atoms. The summed E-state index contributed by atoms with van der Waals surface area (Å²) in [5.41, 5.74) is -0.648. The van der Waals surface area contributed by atoms with E-state index in [9.17, 15) is 32.3 Å². The lowest BCUT2D eigenvalue weighted by molar-refractivity contribution is -0.137. The lowest BCUT2D eigenvalue weighted by Crippen LogP contribution is -2.55. The first-order chi connectivity index (χ1) is 24.0. The van der Waals surface area contributed by atoms with Gasteiger partial charge in [0.25, 0.3) is 5.56 Å². The summed E-state index contributed by atoms with van der Waals surface area (Å²) in [6.45, 7) is 9.97. The van der Waals surface area contributed by atoms with E-state index in [-0.39, 0.29) is 60.8 Å². The second kappa shape index (κ2) is 14.9. The summed E-state index contributed by atoms with van der Waals surface area (Å²) in [6.07, 6.45) is -2.69. The Morgan fingerprint density at radius 3 is 2.41 bits per heavy atom. The number of nitrogens with one attached hydrogen (secondary N) is 2. The van der Waals surface area contributed by atoms with Gasteiger partial charge in [0.2, 0.25) is 17.6 Å². The molecule has 3 amide bonds. The maximum Gasteiger partial charge on any atom is 0.416 e. The van der Waals surface area contributed by atoms with Crippen LogP contribution < -0.4 is 21.1 Å². The summed E-state index contributed by atoms with van der Waals surface area (Å²) in [5.74, 6) is -0.531. The third-order valence-corrected chi connectivity index (χ3v) is 8.61. The van der Waals surface area contributed by atoms with Crippen LogP contribution in [0.5, 0.6) is 0 Å². The fraction of sp³-hybridized carbons (Fsp3) is 0.515. The van der Waals surface area contributed by atoms with Gasteiger partial charge in [-0.1, -0.05) is 24.6 Å². The molecule has 276 valence electrons. The monoisotopic (exact) mass is 736 g/mol. The Kier molecular flexibility index (Phi) is 11.0. The lowest BCUT2D eigenvalue weighted by atomic mass is 10.1. The summed E-state index contributed by atoms with van der Waals surface area (Å²) in [7, 11) is 0. The van der Waals surface area contributed by atoms with Gasteiger partial charge in [-0.05, 0) is 64.3 Å². The van der Waals surface area contributed by atoms with E-state index in [2.05, 4.69) is 20.7 Å². The molecule has 5 rings (SSSR count). The number of amides is 3. The molecule has 18 heteroatoms. The average Bonchev–Trinajstić information content (AvgIpc) is 3.52. The van der Waals surface area contributed by atoms with E-state index >= 15 is 0 Å². The van der Waals surface area contributed by atoms with Gasteiger partial charge in [-0.15, -0.1) is 5.10 Å². The smallest absolute Gasteiger partial charge is 0.416 e. The zero-order chi connectivity index (χ0) is 37.2. The zero-order valence-corrected chi connectivity index (χ0v) is 29.7. The molecule has 2 N–H and O–H groups in total. The van der Waals surface area contributed by atoms with Gasteiger partial charge < -0.3 is 34.5 Å². The molecule has 1 saturated heterocycles. The van der Waals surface area contributed by atoms with E-state index in [4.69, 9.17) is 21.1 Å². The second-order valence-electron chi connectivity index (χ2n) is 13.2. The lowest BCUT2D eigenvalue weighted by Gasteiger charge is -2.37. The van der Waals surface area contributed by atoms with Crippen molar-refractivity contribution in [3.8, 4) is 0 Å². The predicted molar refractivity (Wildman–Crippen MR) is 183 cm³/mol. The van der Waals surface area contributed by atoms with E-state index in [1.165, 1.54) is 0 Å². The van der Waals surface area contributed by atoms with Crippen LogP contribution in [0.25, 0.3) is 11.4 Å². The first-order valence-corrected chi connectivity index (χ1v) is 16.8. The van der Waals surface area contributed by atoms with Crippen LogP contribution in [0, 0.1) is 0 Å². The number of hydrogen-bond acceptors (Lipinski definition) is 9. The highest BCUT2D eigenvalue weighted by molar-refractivity contribution is 6.33. The van der Waals surface area contributed by atoms with Gasteiger partial charge in [0.05, 0.1) is 35.2 Å². The molecule has 0 saturated carbocycles. The summed E-state index contributed by atoms with van der Waals surface area (Å²) in [5, 5.41) is 9.37. The number of benzene rings is 1. The molecule has 1 aromatic carbocycles. The molecule has 14 nitrogen and oxygen atoms in total. The maximum absolute atomic E-state index is 14.2. The van der Waals surface area contributed by atoms with E-state index in [1.54, 1.807) is 37.2 Å². The Labute approximate surface area is 296 Å². The number of ether oxygens (including phenoxy) is 2. The predicted octanol–water partition coefficient (Wildman–Crippen LogP) is 4.13. The summed E-state index contributed by atoms with van der Waals surface area (Å²) < 4.78 is 52.9. The Balaban J connectivity index is 1.44. The van der Waals surface area contributed by atoms with Crippen molar-refractivity contribution in [2.45, 2.75) is 71.8 Å². The molecule has 1 atom stereocenters. The van der Waals surface area contributed by atoms with Crippen LogP contribution in [-0.4, -0.2) is 93.0 Å². The number of rotatable bonds is 8. The summed E-state index contributed by atoms with van der Waals surface area (Å²) in [4.78, 5) is 61.1.